The van der Waals surface area contributed by atoms with Crippen LogP contribution in [0, 0.1) is 11.3 Å². The van der Waals surface area contributed by atoms with E-state index in [1.807, 2.05) is 13.8 Å². The minimum atomic E-state index is 0.552. The first-order chi connectivity index (χ1) is 7.78. The summed E-state index contributed by atoms with van der Waals surface area (Å²) in [6.45, 7) is 8.23. The van der Waals surface area contributed by atoms with Gasteiger partial charge < -0.3 is 5.32 Å². The highest BCUT2D eigenvalue weighted by atomic mass is 15.2. The number of nitriles is 1. The first-order valence-corrected chi connectivity index (χ1v) is 5.41. The van der Waals surface area contributed by atoms with Crippen LogP contribution in [0.5, 0.6) is 0 Å². The van der Waals surface area contributed by atoms with Gasteiger partial charge in [-0.15, -0.1) is 11.7 Å². The molecule has 0 aliphatic carbocycles. The Morgan fingerprint density at radius 1 is 1.38 bits per heavy atom. The van der Waals surface area contributed by atoms with Gasteiger partial charge in [0.15, 0.2) is 5.82 Å². The van der Waals surface area contributed by atoms with Crippen molar-refractivity contribution in [3.8, 4) is 6.07 Å². The normalized spacial score (nSPS) is 9.56. The van der Waals surface area contributed by atoms with Crippen molar-refractivity contribution in [3.05, 3.63) is 29.5 Å². The van der Waals surface area contributed by atoms with E-state index in [1.165, 1.54) is 0 Å². The van der Waals surface area contributed by atoms with E-state index in [4.69, 9.17) is 5.26 Å². The number of anilines is 1. The molecular weight excluding hydrogens is 200 g/mol. The lowest BCUT2D eigenvalue weighted by Crippen LogP contribution is -2.09. The van der Waals surface area contributed by atoms with E-state index < -0.39 is 0 Å². The minimum absolute atomic E-state index is 0.552. The van der Waals surface area contributed by atoms with Gasteiger partial charge in [0.25, 0.3) is 0 Å². The number of aryl methyl sites for hydroxylation is 1. The van der Waals surface area contributed by atoms with Crippen molar-refractivity contribution in [3.63, 3.8) is 0 Å². The van der Waals surface area contributed by atoms with Crippen molar-refractivity contribution in [2.45, 2.75) is 26.7 Å². The fourth-order valence-corrected chi connectivity index (χ4v) is 1.59. The van der Waals surface area contributed by atoms with Crippen molar-refractivity contribution in [2.75, 3.05) is 11.9 Å². The Kier molecular flexibility index (Phi) is 4.46. The van der Waals surface area contributed by atoms with Crippen molar-refractivity contribution >= 4 is 5.82 Å². The predicted molar refractivity (Wildman–Crippen MR) is 64.2 cm³/mol. The van der Waals surface area contributed by atoms with Crippen LogP contribution in [0.1, 0.15) is 30.7 Å². The number of hydrogen-bond acceptors (Lipinski definition) is 4. The third-order valence-corrected chi connectivity index (χ3v) is 2.37. The Balaban J connectivity index is 3.21. The molecule has 0 radical (unpaired) electrons. The summed E-state index contributed by atoms with van der Waals surface area (Å²) in [4.78, 5) is 0. The van der Waals surface area contributed by atoms with E-state index in [1.54, 1.807) is 6.08 Å². The maximum Gasteiger partial charge on any atom is 0.167 e. The summed E-state index contributed by atoms with van der Waals surface area (Å²) in [5, 5.41) is 20.4. The highest BCUT2D eigenvalue weighted by Gasteiger charge is 2.13. The molecule has 1 N–H and O–H groups in total. The molecule has 4 heteroatoms. The second kappa shape index (κ2) is 5.86. The second-order valence-corrected chi connectivity index (χ2v) is 3.34. The number of aromatic nitrogens is 2. The molecule has 1 aromatic heterocycles. The second-order valence-electron chi connectivity index (χ2n) is 3.34. The van der Waals surface area contributed by atoms with Crippen molar-refractivity contribution in [2.24, 2.45) is 0 Å². The van der Waals surface area contributed by atoms with Gasteiger partial charge in [-0.25, -0.2) is 0 Å². The van der Waals surface area contributed by atoms with E-state index in [0.717, 1.165) is 24.1 Å². The van der Waals surface area contributed by atoms with Crippen LogP contribution in [-0.2, 0) is 12.8 Å². The van der Waals surface area contributed by atoms with Gasteiger partial charge in [0.05, 0.1) is 5.69 Å². The number of rotatable bonds is 5. The fourth-order valence-electron chi connectivity index (χ4n) is 1.59. The van der Waals surface area contributed by atoms with Crippen LogP contribution in [0.3, 0.4) is 0 Å². The molecule has 1 heterocycles. The first kappa shape index (κ1) is 12.2. The van der Waals surface area contributed by atoms with Gasteiger partial charge in [0.1, 0.15) is 11.6 Å². The van der Waals surface area contributed by atoms with E-state index in [0.29, 0.717) is 17.9 Å². The molecule has 0 unspecified atom stereocenters. The quantitative estimate of drug-likeness (QED) is 0.765. The molecule has 0 amide bonds. The van der Waals surface area contributed by atoms with Gasteiger partial charge in [0.2, 0.25) is 0 Å². The molecule has 0 bridgehead atoms. The topological polar surface area (TPSA) is 61.6 Å². The van der Waals surface area contributed by atoms with Crippen molar-refractivity contribution < 1.29 is 0 Å². The van der Waals surface area contributed by atoms with E-state index in [9.17, 15) is 0 Å². The van der Waals surface area contributed by atoms with Gasteiger partial charge in [-0.05, 0) is 18.4 Å². The number of nitrogens with zero attached hydrogens (tertiary/aromatic N) is 3. The lowest BCUT2D eigenvalue weighted by Gasteiger charge is -2.10. The lowest BCUT2D eigenvalue weighted by molar-refractivity contribution is 0.873. The SMILES string of the molecule is C=CCNc1nnc(CC)c(CC)c1C#N. The van der Waals surface area contributed by atoms with Crippen LogP contribution < -0.4 is 5.32 Å². The van der Waals surface area contributed by atoms with Crippen LogP contribution in [0.2, 0.25) is 0 Å². The molecule has 0 atom stereocenters. The molecule has 16 heavy (non-hydrogen) atoms. The maximum atomic E-state index is 9.17. The van der Waals surface area contributed by atoms with Crippen molar-refractivity contribution in [1.82, 2.24) is 10.2 Å². The molecular formula is C12H16N4. The molecule has 0 aliphatic rings. The first-order valence-electron chi connectivity index (χ1n) is 5.41. The standard InChI is InChI=1S/C12H16N4/c1-4-7-14-12-10(8-13)9(5-2)11(6-3)15-16-12/h4H,1,5-7H2,2-3H3,(H,14,16). The van der Waals surface area contributed by atoms with E-state index >= 15 is 0 Å². The molecule has 84 valence electrons. The third kappa shape index (κ3) is 2.37. The predicted octanol–water partition coefficient (Wildman–Crippen LogP) is 2.07. The summed E-state index contributed by atoms with van der Waals surface area (Å²) in [6, 6.07) is 2.20. The molecule has 0 aromatic carbocycles. The van der Waals surface area contributed by atoms with Crippen LogP contribution >= 0.6 is 0 Å². The van der Waals surface area contributed by atoms with Gasteiger partial charge in [-0.3, -0.25) is 0 Å². The lowest BCUT2D eigenvalue weighted by atomic mass is 10.0. The van der Waals surface area contributed by atoms with Gasteiger partial charge >= 0.3 is 0 Å². The summed E-state index contributed by atoms with van der Waals surface area (Å²) < 4.78 is 0. The summed E-state index contributed by atoms with van der Waals surface area (Å²) in [5.74, 6) is 0.552. The monoisotopic (exact) mass is 216 g/mol. The molecule has 0 fully saturated rings. The third-order valence-electron chi connectivity index (χ3n) is 2.37. The summed E-state index contributed by atoms with van der Waals surface area (Å²) in [6.07, 6.45) is 3.32. The van der Waals surface area contributed by atoms with Crippen LogP contribution in [-0.4, -0.2) is 16.7 Å². The van der Waals surface area contributed by atoms with E-state index in [-0.39, 0.29) is 0 Å². The molecule has 0 saturated heterocycles. The van der Waals surface area contributed by atoms with E-state index in [2.05, 4.69) is 28.2 Å². The highest BCUT2D eigenvalue weighted by molar-refractivity contribution is 5.56. The zero-order chi connectivity index (χ0) is 12.0. The summed E-state index contributed by atoms with van der Waals surface area (Å²) in [7, 11) is 0. The van der Waals surface area contributed by atoms with Crippen molar-refractivity contribution in [1.29, 1.82) is 5.26 Å². The molecule has 0 spiro atoms. The molecule has 1 rings (SSSR count). The van der Waals surface area contributed by atoms with Crippen LogP contribution in [0.25, 0.3) is 0 Å². The zero-order valence-electron chi connectivity index (χ0n) is 9.75. The molecule has 0 aliphatic heterocycles. The minimum Gasteiger partial charge on any atom is -0.364 e. The molecule has 1 aromatic rings. The molecule has 0 saturated carbocycles. The smallest absolute Gasteiger partial charge is 0.167 e. The largest absolute Gasteiger partial charge is 0.364 e. The molecule has 4 nitrogen and oxygen atoms in total. The average molecular weight is 216 g/mol. The highest BCUT2D eigenvalue weighted by Crippen LogP contribution is 2.19. The number of nitrogens with one attached hydrogen (secondary N) is 1. The Labute approximate surface area is 96.0 Å². The Morgan fingerprint density at radius 2 is 2.12 bits per heavy atom. The summed E-state index contributed by atoms with van der Waals surface area (Å²) in [5.41, 5.74) is 2.51. The Bertz CT molecular complexity index is 418. The fraction of sp³-hybridized carbons (Fsp3) is 0.417. The Hall–Kier alpha value is -1.89. The van der Waals surface area contributed by atoms with Gasteiger partial charge in [-0.2, -0.15) is 10.4 Å². The van der Waals surface area contributed by atoms with Crippen LogP contribution in [0.15, 0.2) is 12.7 Å². The maximum absolute atomic E-state index is 9.17. The Morgan fingerprint density at radius 3 is 2.62 bits per heavy atom. The average Bonchev–Trinajstić information content (AvgIpc) is 2.34. The number of hydrogen-bond donors (Lipinski definition) is 1. The van der Waals surface area contributed by atoms with Gasteiger partial charge in [-0.1, -0.05) is 19.9 Å². The summed E-state index contributed by atoms with van der Waals surface area (Å²) >= 11 is 0. The van der Waals surface area contributed by atoms with Crippen LogP contribution in [0.4, 0.5) is 5.82 Å². The zero-order valence-corrected chi connectivity index (χ0v) is 9.75. The van der Waals surface area contributed by atoms with Gasteiger partial charge in [0, 0.05) is 6.54 Å².